The lowest BCUT2D eigenvalue weighted by molar-refractivity contribution is 0.0475. The summed E-state index contributed by atoms with van der Waals surface area (Å²) in [5, 5.41) is 0. The van der Waals surface area contributed by atoms with Crippen molar-refractivity contribution in [3.8, 4) is 0 Å². The lowest BCUT2D eigenvalue weighted by Gasteiger charge is -2.09. The highest BCUT2D eigenvalue weighted by atomic mass is 32.2. The molecule has 0 amide bonds. The number of carbonyl (C=O) groups is 2. The number of nitrogens with one attached hydrogen (secondary N) is 1. The molecule has 0 aromatic heterocycles. The summed E-state index contributed by atoms with van der Waals surface area (Å²) in [6.07, 6.45) is 0. The number of hydrogen-bond acceptors (Lipinski definition) is 5. The van der Waals surface area contributed by atoms with Gasteiger partial charge in [-0.1, -0.05) is 54.6 Å². The van der Waals surface area contributed by atoms with Gasteiger partial charge >= 0.3 is 5.97 Å². The first-order chi connectivity index (χ1) is 13.5. The van der Waals surface area contributed by atoms with Crippen LogP contribution in [0.1, 0.15) is 20.7 Å². The first-order valence-corrected chi connectivity index (χ1v) is 9.87. The fraction of sp³-hybridized carbons (Fsp3) is 0.0476. The van der Waals surface area contributed by atoms with Crippen LogP contribution in [0.2, 0.25) is 0 Å². The van der Waals surface area contributed by atoms with Crippen LogP contribution >= 0.6 is 0 Å². The molecular weight excluding hydrogens is 378 g/mol. The van der Waals surface area contributed by atoms with Gasteiger partial charge in [0, 0.05) is 11.3 Å². The molecule has 0 fully saturated rings. The number of Topliss-reactive ketones (excluding diaryl/α,β-unsaturated/α-hetero) is 1. The van der Waals surface area contributed by atoms with Gasteiger partial charge in [0.15, 0.2) is 12.4 Å². The normalized spacial score (nSPS) is 10.9. The molecule has 3 aromatic carbocycles. The lowest BCUT2D eigenvalue weighted by Crippen LogP contribution is -2.15. The molecule has 28 heavy (non-hydrogen) atoms. The van der Waals surface area contributed by atoms with Crippen molar-refractivity contribution in [3.05, 3.63) is 96.1 Å². The van der Waals surface area contributed by atoms with Crippen molar-refractivity contribution in [1.82, 2.24) is 0 Å². The molecule has 0 saturated heterocycles. The number of rotatable bonds is 7. The van der Waals surface area contributed by atoms with Crippen LogP contribution in [0.4, 0.5) is 5.69 Å². The zero-order chi connectivity index (χ0) is 20.0. The summed E-state index contributed by atoms with van der Waals surface area (Å²) >= 11 is 0. The van der Waals surface area contributed by atoms with E-state index in [2.05, 4.69) is 4.72 Å². The van der Waals surface area contributed by atoms with E-state index >= 15 is 0 Å². The third-order valence-corrected chi connectivity index (χ3v) is 5.23. The van der Waals surface area contributed by atoms with Crippen LogP contribution in [0.25, 0.3) is 0 Å². The van der Waals surface area contributed by atoms with Gasteiger partial charge in [0.25, 0.3) is 10.0 Å². The van der Waals surface area contributed by atoms with Crippen LogP contribution < -0.4 is 4.72 Å². The molecule has 1 N–H and O–H groups in total. The smallest absolute Gasteiger partial charge is 0.338 e. The van der Waals surface area contributed by atoms with E-state index < -0.39 is 22.6 Å². The molecule has 3 aromatic rings. The first kappa shape index (κ1) is 19.3. The molecule has 0 aliphatic carbocycles. The summed E-state index contributed by atoms with van der Waals surface area (Å²) in [6.45, 7) is -0.400. The minimum absolute atomic E-state index is 0.108. The van der Waals surface area contributed by atoms with Crippen LogP contribution in [0.5, 0.6) is 0 Å². The van der Waals surface area contributed by atoms with Crippen molar-refractivity contribution in [2.75, 3.05) is 11.3 Å². The topological polar surface area (TPSA) is 89.5 Å². The van der Waals surface area contributed by atoms with Crippen molar-refractivity contribution < 1.29 is 22.7 Å². The predicted octanol–water partition coefficient (Wildman–Crippen LogP) is 3.53. The van der Waals surface area contributed by atoms with Gasteiger partial charge in [0.05, 0.1) is 10.5 Å². The number of hydrogen-bond donors (Lipinski definition) is 1. The van der Waals surface area contributed by atoms with Crippen molar-refractivity contribution in [2.24, 2.45) is 0 Å². The second kappa shape index (κ2) is 8.49. The van der Waals surface area contributed by atoms with E-state index in [1.807, 2.05) is 0 Å². The summed E-state index contributed by atoms with van der Waals surface area (Å²) < 4.78 is 32.2. The van der Waals surface area contributed by atoms with Crippen LogP contribution in [-0.2, 0) is 14.8 Å². The summed E-state index contributed by atoms with van der Waals surface area (Å²) in [5.41, 5.74) is 0.793. The van der Waals surface area contributed by atoms with Crippen molar-refractivity contribution in [2.45, 2.75) is 4.90 Å². The second-order valence-corrected chi connectivity index (χ2v) is 7.55. The monoisotopic (exact) mass is 395 g/mol. The Hall–Kier alpha value is -3.45. The van der Waals surface area contributed by atoms with Crippen LogP contribution in [0.3, 0.4) is 0 Å². The van der Waals surface area contributed by atoms with E-state index in [-0.39, 0.29) is 21.9 Å². The van der Waals surface area contributed by atoms with Crippen molar-refractivity contribution in [1.29, 1.82) is 0 Å². The Morgan fingerprint density at radius 2 is 1.39 bits per heavy atom. The van der Waals surface area contributed by atoms with Gasteiger partial charge in [-0.25, -0.2) is 13.2 Å². The minimum atomic E-state index is -3.77. The largest absolute Gasteiger partial charge is 0.454 e. The Morgan fingerprint density at radius 1 is 0.786 bits per heavy atom. The molecular formula is C21H17NO5S. The third kappa shape index (κ3) is 4.83. The Balaban J connectivity index is 1.67. The number of carbonyl (C=O) groups excluding carboxylic acids is 2. The molecule has 6 nitrogen and oxygen atoms in total. The van der Waals surface area contributed by atoms with Gasteiger partial charge in [-0.3, -0.25) is 9.52 Å². The quantitative estimate of drug-likeness (QED) is 0.488. The van der Waals surface area contributed by atoms with E-state index in [0.29, 0.717) is 5.56 Å². The van der Waals surface area contributed by atoms with Gasteiger partial charge in [0.2, 0.25) is 0 Å². The van der Waals surface area contributed by atoms with Crippen LogP contribution in [0, 0.1) is 0 Å². The molecule has 0 unspecified atom stereocenters. The maximum Gasteiger partial charge on any atom is 0.338 e. The van der Waals surface area contributed by atoms with E-state index in [1.165, 1.54) is 36.4 Å². The SMILES string of the molecule is O=C(COC(=O)c1cccc(NS(=O)(=O)c2ccccc2)c1)c1ccccc1. The van der Waals surface area contributed by atoms with Crippen LogP contribution in [-0.4, -0.2) is 26.8 Å². The Labute approximate surface area is 162 Å². The molecule has 0 saturated carbocycles. The van der Waals surface area contributed by atoms with Crippen LogP contribution in [0.15, 0.2) is 89.8 Å². The number of esters is 1. The predicted molar refractivity (Wildman–Crippen MR) is 105 cm³/mol. The standard InChI is InChI=1S/C21H17NO5S/c23-20(16-8-3-1-4-9-16)15-27-21(24)17-10-7-11-18(14-17)22-28(25,26)19-12-5-2-6-13-19/h1-14,22H,15H2. The number of sulfonamides is 1. The molecule has 7 heteroatoms. The average molecular weight is 395 g/mol. The summed E-state index contributed by atoms with van der Waals surface area (Å²) in [7, 11) is -3.77. The zero-order valence-electron chi connectivity index (χ0n) is 14.7. The van der Waals surface area contributed by atoms with Gasteiger partial charge in [-0.2, -0.15) is 0 Å². The maximum absolute atomic E-state index is 12.4. The Morgan fingerprint density at radius 3 is 2.07 bits per heavy atom. The number of ketones is 1. The van der Waals surface area contributed by atoms with Gasteiger partial charge < -0.3 is 4.74 Å². The number of anilines is 1. The van der Waals surface area contributed by atoms with Crippen molar-refractivity contribution in [3.63, 3.8) is 0 Å². The van der Waals surface area contributed by atoms with Gasteiger partial charge in [0.1, 0.15) is 0 Å². The van der Waals surface area contributed by atoms with Gasteiger partial charge in [-0.05, 0) is 30.3 Å². The molecule has 3 rings (SSSR count). The second-order valence-electron chi connectivity index (χ2n) is 5.86. The Bertz CT molecular complexity index is 1080. The fourth-order valence-electron chi connectivity index (χ4n) is 2.45. The highest BCUT2D eigenvalue weighted by molar-refractivity contribution is 7.92. The van der Waals surface area contributed by atoms with Crippen molar-refractivity contribution >= 4 is 27.5 Å². The third-order valence-electron chi connectivity index (χ3n) is 3.83. The Kier molecular flexibility index (Phi) is 5.86. The van der Waals surface area contributed by atoms with E-state index in [9.17, 15) is 18.0 Å². The molecule has 142 valence electrons. The zero-order valence-corrected chi connectivity index (χ0v) is 15.6. The average Bonchev–Trinajstić information content (AvgIpc) is 2.73. The number of ether oxygens (including phenoxy) is 1. The fourth-order valence-corrected chi connectivity index (χ4v) is 3.52. The summed E-state index contributed by atoms with van der Waals surface area (Å²) in [5.74, 6) is -1.04. The number of benzene rings is 3. The molecule has 0 atom stereocenters. The molecule has 0 bridgehead atoms. The highest BCUT2D eigenvalue weighted by Crippen LogP contribution is 2.17. The van der Waals surface area contributed by atoms with E-state index in [4.69, 9.17) is 4.74 Å². The highest BCUT2D eigenvalue weighted by Gasteiger charge is 2.16. The maximum atomic E-state index is 12.4. The molecule has 0 heterocycles. The summed E-state index contributed by atoms with van der Waals surface area (Å²) in [4.78, 5) is 24.3. The van der Waals surface area contributed by atoms with E-state index in [0.717, 1.165) is 0 Å². The molecule has 0 radical (unpaired) electrons. The summed E-state index contributed by atoms with van der Waals surface area (Å²) in [6, 6.07) is 22.3. The minimum Gasteiger partial charge on any atom is -0.454 e. The lowest BCUT2D eigenvalue weighted by atomic mass is 10.1. The molecule has 0 aliphatic heterocycles. The van der Waals surface area contributed by atoms with E-state index in [1.54, 1.807) is 48.5 Å². The first-order valence-electron chi connectivity index (χ1n) is 8.39. The molecule has 0 aliphatic rings. The molecule has 0 spiro atoms. The van der Waals surface area contributed by atoms with Gasteiger partial charge in [-0.15, -0.1) is 0 Å².